The minimum absolute atomic E-state index is 0.447. The molecule has 0 aliphatic carbocycles. The van der Waals surface area contributed by atoms with Crippen molar-refractivity contribution in [2.24, 2.45) is 0 Å². The molecule has 0 saturated carbocycles. The van der Waals surface area contributed by atoms with Gasteiger partial charge in [-0.3, -0.25) is 0 Å². The molecule has 0 aromatic heterocycles. The Balaban J connectivity index is 3.47. The molecule has 0 aromatic carbocycles. The van der Waals surface area contributed by atoms with E-state index in [1.54, 1.807) is 0 Å². The van der Waals surface area contributed by atoms with Gasteiger partial charge in [-0.2, -0.15) is 0 Å². The van der Waals surface area contributed by atoms with Crippen molar-refractivity contribution in [2.45, 2.75) is 26.7 Å². The van der Waals surface area contributed by atoms with E-state index in [1.807, 2.05) is 13.8 Å². The highest BCUT2D eigenvalue weighted by Crippen LogP contribution is 2.10. The van der Waals surface area contributed by atoms with Gasteiger partial charge in [-0.25, -0.2) is 0 Å². The first-order valence-corrected chi connectivity index (χ1v) is 5.85. The molecule has 13 heavy (non-hydrogen) atoms. The first kappa shape index (κ1) is 13.1. The van der Waals surface area contributed by atoms with E-state index >= 15 is 0 Å². The van der Waals surface area contributed by atoms with Crippen LogP contribution in [0.4, 0.5) is 0 Å². The lowest BCUT2D eigenvalue weighted by Gasteiger charge is -2.06. The molecule has 0 aromatic rings. The van der Waals surface area contributed by atoms with E-state index < -0.39 is 0 Å². The number of ether oxygens (including phenoxy) is 2. The monoisotopic (exact) mass is 238 g/mol. The van der Waals surface area contributed by atoms with Crippen LogP contribution in [0.5, 0.6) is 0 Å². The summed E-state index contributed by atoms with van der Waals surface area (Å²) in [5, 5.41) is 0. The fourth-order valence-corrected chi connectivity index (χ4v) is 1.70. The normalized spacial score (nSPS) is 9.38. The molecule has 2 nitrogen and oxygen atoms in total. The third-order valence-corrected chi connectivity index (χ3v) is 2.32. The molecular formula is C8H14O2S3. The smallest absolute Gasteiger partial charge is 0.228 e. The lowest BCUT2D eigenvalue weighted by Crippen LogP contribution is -2.05. The highest BCUT2D eigenvalue weighted by Gasteiger charge is 2.04. The van der Waals surface area contributed by atoms with E-state index in [0.717, 1.165) is 12.8 Å². The van der Waals surface area contributed by atoms with Crippen molar-refractivity contribution >= 4 is 45.0 Å². The highest BCUT2D eigenvalue weighted by atomic mass is 32.2. The lowest BCUT2D eigenvalue weighted by molar-refractivity contribution is 0.317. The number of hydrogen-bond acceptors (Lipinski definition) is 5. The second-order valence-corrected chi connectivity index (χ2v) is 4.50. The molecule has 0 unspecified atom stereocenters. The van der Waals surface area contributed by atoms with Gasteiger partial charge in [0, 0.05) is 11.8 Å². The van der Waals surface area contributed by atoms with E-state index in [1.165, 1.54) is 11.8 Å². The number of thiocarbonyl (C=S) groups is 2. The van der Waals surface area contributed by atoms with Gasteiger partial charge < -0.3 is 9.47 Å². The summed E-state index contributed by atoms with van der Waals surface area (Å²) in [5.41, 5.74) is 0. The quantitative estimate of drug-likeness (QED) is 0.698. The summed E-state index contributed by atoms with van der Waals surface area (Å²) in [5.74, 6) is 0. The van der Waals surface area contributed by atoms with Crippen LogP contribution in [0, 0.1) is 0 Å². The summed E-state index contributed by atoms with van der Waals surface area (Å²) in [6.45, 7) is 5.34. The molecule has 0 N–H and O–H groups in total. The molecule has 0 heterocycles. The topological polar surface area (TPSA) is 18.5 Å². The number of hydrogen-bond donors (Lipinski definition) is 0. The van der Waals surface area contributed by atoms with Crippen LogP contribution in [0.15, 0.2) is 0 Å². The summed E-state index contributed by atoms with van der Waals surface area (Å²) in [6.07, 6.45) is 1.90. The van der Waals surface area contributed by atoms with Crippen molar-refractivity contribution in [3.8, 4) is 0 Å². The first-order chi connectivity index (χ1) is 6.20. The minimum atomic E-state index is 0.447. The summed E-state index contributed by atoms with van der Waals surface area (Å²) >= 11 is 11.0. The number of rotatable bonds is 4. The van der Waals surface area contributed by atoms with Crippen LogP contribution < -0.4 is 0 Å². The van der Waals surface area contributed by atoms with Crippen molar-refractivity contribution in [1.82, 2.24) is 0 Å². The Hall–Kier alpha value is 0.130. The van der Waals surface area contributed by atoms with Crippen molar-refractivity contribution < 1.29 is 9.47 Å². The van der Waals surface area contributed by atoms with Crippen LogP contribution in [0.1, 0.15) is 26.7 Å². The average Bonchev–Trinajstić information content (AvgIpc) is 2.11. The molecule has 5 heteroatoms. The Morgan fingerprint density at radius 3 is 1.69 bits per heavy atom. The van der Waals surface area contributed by atoms with Crippen LogP contribution in [-0.4, -0.2) is 22.0 Å². The second-order valence-electron chi connectivity index (χ2n) is 2.30. The summed E-state index contributed by atoms with van der Waals surface area (Å²) in [6, 6.07) is 0. The molecule has 0 bridgehead atoms. The van der Waals surface area contributed by atoms with Gasteiger partial charge in [0.2, 0.25) is 8.77 Å². The molecule has 76 valence electrons. The summed E-state index contributed by atoms with van der Waals surface area (Å²) in [4.78, 5) is 0. The lowest BCUT2D eigenvalue weighted by atomic mass is 10.5. The molecule has 0 rings (SSSR count). The van der Waals surface area contributed by atoms with Crippen LogP contribution in [0.25, 0.3) is 0 Å². The average molecular weight is 238 g/mol. The largest absolute Gasteiger partial charge is 0.478 e. The van der Waals surface area contributed by atoms with Crippen molar-refractivity contribution in [2.75, 3.05) is 13.2 Å². The van der Waals surface area contributed by atoms with Gasteiger partial charge in [-0.15, -0.1) is 0 Å². The van der Waals surface area contributed by atoms with Gasteiger partial charge in [0.1, 0.15) is 0 Å². The van der Waals surface area contributed by atoms with E-state index in [-0.39, 0.29) is 0 Å². The Morgan fingerprint density at radius 1 is 1.00 bits per heavy atom. The van der Waals surface area contributed by atoms with E-state index in [2.05, 4.69) is 0 Å². The van der Waals surface area contributed by atoms with Crippen molar-refractivity contribution in [3.05, 3.63) is 0 Å². The SMILES string of the molecule is CCCOC(=S)SC(=S)OCCC. The van der Waals surface area contributed by atoms with E-state index in [9.17, 15) is 0 Å². The third-order valence-electron chi connectivity index (χ3n) is 1.01. The van der Waals surface area contributed by atoms with E-state index in [0.29, 0.717) is 22.0 Å². The minimum Gasteiger partial charge on any atom is -0.478 e. The number of thioether (sulfide) groups is 1. The Kier molecular flexibility index (Phi) is 8.80. The van der Waals surface area contributed by atoms with Gasteiger partial charge in [-0.05, 0) is 37.3 Å². The fourth-order valence-electron chi connectivity index (χ4n) is 0.498. The Bertz CT molecular complexity index is 153. The maximum atomic E-state index is 5.17. The first-order valence-electron chi connectivity index (χ1n) is 4.22. The van der Waals surface area contributed by atoms with Crippen LogP contribution >= 0.6 is 36.2 Å². The Morgan fingerprint density at radius 2 is 1.38 bits per heavy atom. The van der Waals surface area contributed by atoms with E-state index in [4.69, 9.17) is 33.9 Å². The van der Waals surface area contributed by atoms with Crippen LogP contribution in [0.2, 0.25) is 0 Å². The maximum Gasteiger partial charge on any atom is 0.228 e. The molecule has 0 atom stereocenters. The summed E-state index contributed by atoms with van der Waals surface area (Å²) in [7, 11) is 0. The van der Waals surface area contributed by atoms with Gasteiger partial charge in [-0.1, -0.05) is 13.8 Å². The van der Waals surface area contributed by atoms with Crippen LogP contribution in [0.3, 0.4) is 0 Å². The summed E-state index contributed by atoms with van der Waals surface area (Å²) < 4.78 is 11.2. The van der Waals surface area contributed by atoms with Gasteiger partial charge in [0.25, 0.3) is 0 Å². The molecular weight excluding hydrogens is 224 g/mol. The Labute approximate surface area is 94.4 Å². The predicted molar refractivity (Wildman–Crippen MR) is 65.3 cm³/mol. The fraction of sp³-hybridized carbons (Fsp3) is 0.750. The standard InChI is InChI=1S/C8H14O2S3/c1-3-5-9-7(11)13-8(12)10-6-4-2/h3-6H2,1-2H3. The third kappa shape index (κ3) is 8.46. The molecule has 0 radical (unpaired) electrons. The molecule has 0 fully saturated rings. The predicted octanol–water partition coefficient (Wildman–Crippen LogP) is 3.14. The van der Waals surface area contributed by atoms with Crippen molar-refractivity contribution in [3.63, 3.8) is 0 Å². The molecule has 0 amide bonds. The zero-order valence-electron chi connectivity index (χ0n) is 7.87. The molecule has 0 spiro atoms. The van der Waals surface area contributed by atoms with Crippen molar-refractivity contribution in [1.29, 1.82) is 0 Å². The highest BCUT2D eigenvalue weighted by molar-refractivity contribution is 8.37. The van der Waals surface area contributed by atoms with Gasteiger partial charge in [0.15, 0.2) is 0 Å². The van der Waals surface area contributed by atoms with Gasteiger partial charge in [0.05, 0.1) is 13.2 Å². The van der Waals surface area contributed by atoms with Gasteiger partial charge >= 0.3 is 0 Å². The zero-order valence-corrected chi connectivity index (χ0v) is 10.3. The zero-order chi connectivity index (χ0) is 10.1. The molecule has 0 aliphatic rings. The molecule has 0 aliphatic heterocycles. The maximum absolute atomic E-state index is 5.17. The second kappa shape index (κ2) is 8.72. The molecule has 0 saturated heterocycles. The van der Waals surface area contributed by atoms with Crippen LogP contribution in [-0.2, 0) is 9.47 Å².